The number of rotatable bonds is 4. The Morgan fingerprint density at radius 1 is 1.33 bits per heavy atom. The number of imidazole rings is 1. The second-order valence-electron chi connectivity index (χ2n) is 5.00. The summed E-state index contributed by atoms with van der Waals surface area (Å²) >= 11 is 6.06. The smallest absolute Gasteiger partial charge is 0.160 e. The Labute approximate surface area is 113 Å². The average molecular weight is 266 g/mol. The van der Waals surface area contributed by atoms with Crippen LogP contribution < -0.4 is 0 Å². The quantitative estimate of drug-likeness (QED) is 0.782. The first-order valence-corrected chi connectivity index (χ1v) is 7.00. The molecular weight excluding hydrogens is 246 g/mol. The van der Waals surface area contributed by atoms with Gasteiger partial charge in [0.2, 0.25) is 0 Å². The summed E-state index contributed by atoms with van der Waals surface area (Å²) in [6.07, 6.45) is 3.92. The minimum Gasteiger partial charge on any atom is -0.306 e. The molecule has 0 radical (unpaired) electrons. The van der Waals surface area contributed by atoms with Crippen LogP contribution in [0.3, 0.4) is 0 Å². The van der Waals surface area contributed by atoms with E-state index in [1.165, 1.54) is 0 Å². The second-order valence-corrected chi connectivity index (χ2v) is 5.27. The van der Waals surface area contributed by atoms with E-state index in [1.54, 1.807) is 0 Å². The standard InChI is InChI=1S/C14H20ClN3/c1-5-14(4,6-2)18-11(9-15)17-12-10(3)7-8-16-13(12)18/h7-8H,5-6,9H2,1-4H3. The summed E-state index contributed by atoms with van der Waals surface area (Å²) in [7, 11) is 0. The van der Waals surface area contributed by atoms with E-state index in [0.717, 1.165) is 35.4 Å². The Balaban J connectivity index is 2.79. The molecular formula is C14H20ClN3. The van der Waals surface area contributed by atoms with Gasteiger partial charge in [0.25, 0.3) is 0 Å². The fourth-order valence-corrected chi connectivity index (χ4v) is 2.54. The fourth-order valence-electron chi connectivity index (χ4n) is 2.36. The van der Waals surface area contributed by atoms with Gasteiger partial charge < -0.3 is 4.57 Å². The number of halogens is 1. The molecule has 0 saturated carbocycles. The van der Waals surface area contributed by atoms with Crippen LogP contribution in [0.5, 0.6) is 0 Å². The van der Waals surface area contributed by atoms with Gasteiger partial charge in [0.15, 0.2) is 5.65 Å². The topological polar surface area (TPSA) is 30.7 Å². The number of hydrogen-bond acceptors (Lipinski definition) is 2. The van der Waals surface area contributed by atoms with E-state index < -0.39 is 0 Å². The van der Waals surface area contributed by atoms with Crippen molar-refractivity contribution in [3.8, 4) is 0 Å². The number of hydrogen-bond donors (Lipinski definition) is 0. The predicted molar refractivity (Wildman–Crippen MR) is 76.1 cm³/mol. The maximum absolute atomic E-state index is 6.06. The SMILES string of the molecule is CCC(C)(CC)n1c(CCl)nc2c(C)ccnc21. The van der Waals surface area contributed by atoms with E-state index >= 15 is 0 Å². The lowest BCUT2D eigenvalue weighted by atomic mass is 9.95. The van der Waals surface area contributed by atoms with E-state index in [4.69, 9.17) is 11.6 Å². The third-order valence-electron chi connectivity index (χ3n) is 4.00. The van der Waals surface area contributed by atoms with Gasteiger partial charge >= 0.3 is 0 Å². The minimum atomic E-state index is 0.0275. The molecule has 0 unspecified atom stereocenters. The van der Waals surface area contributed by atoms with E-state index in [0.29, 0.717) is 5.88 Å². The number of fused-ring (bicyclic) bond motifs is 1. The summed E-state index contributed by atoms with van der Waals surface area (Å²) in [4.78, 5) is 9.18. The highest BCUT2D eigenvalue weighted by Gasteiger charge is 2.28. The van der Waals surface area contributed by atoms with Gasteiger partial charge in [-0.25, -0.2) is 9.97 Å². The van der Waals surface area contributed by atoms with Crippen molar-refractivity contribution in [1.82, 2.24) is 14.5 Å². The van der Waals surface area contributed by atoms with Crippen LogP contribution in [0.15, 0.2) is 12.3 Å². The van der Waals surface area contributed by atoms with Gasteiger partial charge in [-0.1, -0.05) is 13.8 Å². The van der Waals surface area contributed by atoms with E-state index in [9.17, 15) is 0 Å². The molecule has 0 aliphatic carbocycles. The van der Waals surface area contributed by atoms with Gasteiger partial charge in [-0.15, -0.1) is 11.6 Å². The third kappa shape index (κ3) is 1.91. The van der Waals surface area contributed by atoms with E-state index in [-0.39, 0.29) is 5.54 Å². The van der Waals surface area contributed by atoms with Gasteiger partial charge in [0, 0.05) is 11.7 Å². The van der Waals surface area contributed by atoms with Crippen LogP contribution in [0.4, 0.5) is 0 Å². The molecule has 4 heteroatoms. The fraction of sp³-hybridized carbons (Fsp3) is 0.571. The number of aryl methyl sites for hydroxylation is 1. The van der Waals surface area contributed by atoms with Crippen LogP contribution in [-0.4, -0.2) is 14.5 Å². The first-order chi connectivity index (χ1) is 8.57. The Bertz CT molecular complexity index is 555. The lowest BCUT2D eigenvalue weighted by Crippen LogP contribution is -2.30. The molecule has 2 heterocycles. The summed E-state index contributed by atoms with van der Waals surface area (Å²) in [5.74, 6) is 1.34. The molecule has 0 spiro atoms. The molecule has 0 bridgehead atoms. The zero-order valence-electron chi connectivity index (χ0n) is 11.5. The molecule has 98 valence electrons. The van der Waals surface area contributed by atoms with Crippen LogP contribution in [0, 0.1) is 6.92 Å². The summed E-state index contributed by atoms with van der Waals surface area (Å²) in [6.45, 7) is 8.70. The molecule has 0 fully saturated rings. The van der Waals surface area contributed by atoms with Crippen molar-refractivity contribution in [3.05, 3.63) is 23.7 Å². The highest BCUT2D eigenvalue weighted by molar-refractivity contribution is 6.16. The molecule has 0 amide bonds. The highest BCUT2D eigenvalue weighted by atomic mass is 35.5. The molecule has 0 aromatic carbocycles. The zero-order chi connectivity index (χ0) is 13.3. The summed E-state index contributed by atoms with van der Waals surface area (Å²) in [5.41, 5.74) is 3.11. The molecule has 2 rings (SSSR count). The predicted octanol–water partition coefficient (Wildman–Crippen LogP) is 4.01. The van der Waals surface area contributed by atoms with Crippen LogP contribution in [0.25, 0.3) is 11.2 Å². The molecule has 3 nitrogen and oxygen atoms in total. The van der Waals surface area contributed by atoms with Crippen LogP contribution in [0.2, 0.25) is 0 Å². The maximum atomic E-state index is 6.06. The van der Waals surface area contributed by atoms with Crippen molar-refractivity contribution in [1.29, 1.82) is 0 Å². The Morgan fingerprint density at radius 2 is 2.00 bits per heavy atom. The van der Waals surface area contributed by atoms with Crippen molar-refractivity contribution in [2.24, 2.45) is 0 Å². The van der Waals surface area contributed by atoms with E-state index in [2.05, 4.69) is 42.2 Å². The molecule has 0 aliphatic rings. The number of alkyl halides is 1. The summed E-state index contributed by atoms with van der Waals surface area (Å²) in [6, 6.07) is 1.99. The highest BCUT2D eigenvalue weighted by Crippen LogP contribution is 2.31. The van der Waals surface area contributed by atoms with Crippen LogP contribution in [-0.2, 0) is 11.4 Å². The Kier molecular flexibility index (Phi) is 3.62. The maximum Gasteiger partial charge on any atom is 0.160 e. The van der Waals surface area contributed by atoms with Crippen molar-refractivity contribution in [2.45, 2.75) is 52.0 Å². The Morgan fingerprint density at radius 3 is 2.56 bits per heavy atom. The Hall–Kier alpha value is -1.09. The third-order valence-corrected chi connectivity index (χ3v) is 4.24. The van der Waals surface area contributed by atoms with Crippen molar-refractivity contribution >= 4 is 22.8 Å². The molecule has 0 aliphatic heterocycles. The average Bonchev–Trinajstić information content (AvgIpc) is 2.78. The molecule has 2 aromatic rings. The summed E-state index contributed by atoms with van der Waals surface area (Å²) in [5, 5.41) is 0. The summed E-state index contributed by atoms with van der Waals surface area (Å²) < 4.78 is 2.22. The molecule has 2 aromatic heterocycles. The lowest BCUT2D eigenvalue weighted by molar-refractivity contribution is 0.294. The van der Waals surface area contributed by atoms with Gasteiger partial charge in [0.05, 0.1) is 5.88 Å². The van der Waals surface area contributed by atoms with Gasteiger partial charge in [0.1, 0.15) is 11.3 Å². The largest absolute Gasteiger partial charge is 0.306 e. The minimum absolute atomic E-state index is 0.0275. The monoisotopic (exact) mass is 265 g/mol. The lowest BCUT2D eigenvalue weighted by Gasteiger charge is -2.30. The van der Waals surface area contributed by atoms with Crippen molar-refractivity contribution in [3.63, 3.8) is 0 Å². The molecule has 18 heavy (non-hydrogen) atoms. The van der Waals surface area contributed by atoms with Gasteiger partial charge in [-0.2, -0.15) is 0 Å². The van der Waals surface area contributed by atoms with Gasteiger partial charge in [-0.05, 0) is 38.3 Å². The van der Waals surface area contributed by atoms with Crippen molar-refractivity contribution < 1.29 is 0 Å². The molecule has 0 saturated heterocycles. The molecule has 0 atom stereocenters. The van der Waals surface area contributed by atoms with E-state index in [1.807, 2.05) is 12.3 Å². The first kappa shape index (κ1) is 13.3. The van der Waals surface area contributed by atoms with Gasteiger partial charge in [-0.3, -0.25) is 0 Å². The number of aromatic nitrogens is 3. The van der Waals surface area contributed by atoms with Crippen LogP contribution in [0.1, 0.15) is 45.0 Å². The molecule has 0 N–H and O–H groups in total. The normalized spacial score (nSPS) is 12.3. The van der Waals surface area contributed by atoms with Crippen LogP contribution >= 0.6 is 11.6 Å². The van der Waals surface area contributed by atoms with Crippen molar-refractivity contribution in [2.75, 3.05) is 0 Å². The number of nitrogens with zero attached hydrogens (tertiary/aromatic N) is 3. The number of pyridine rings is 1. The first-order valence-electron chi connectivity index (χ1n) is 6.46. The zero-order valence-corrected chi connectivity index (χ0v) is 12.3. The second kappa shape index (κ2) is 4.88.